The predicted octanol–water partition coefficient (Wildman–Crippen LogP) is -0.833. The lowest BCUT2D eigenvalue weighted by Crippen LogP contribution is -3.00. The van der Waals surface area contributed by atoms with E-state index < -0.39 is 9.85 Å². The van der Waals surface area contributed by atoms with Gasteiger partial charge in [-0.05, 0) is 22.3 Å². The molecule has 2 aromatic carbocycles. The van der Waals surface area contributed by atoms with Gasteiger partial charge in [-0.1, -0.05) is 48.6 Å². The third-order valence-electron chi connectivity index (χ3n) is 4.59. The van der Waals surface area contributed by atoms with Crippen molar-refractivity contribution in [3.63, 3.8) is 0 Å². The number of aromatic amines is 2. The van der Waals surface area contributed by atoms with Crippen molar-refractivity contribution in [3.8, 4) is 0 Å². The Morgan fingerprint density at radius 3 is 1.19 bits per heavy atom. The highest BCUT2D eigenvalue weighted by Gasteiger charge is 2.04. The van der Waals surface area contributed by atoms with E-state index in [1.165, 1.54) is 12.1 Å². The molecule has 0 radical (unpaired) electrons. The van der Waals surface area contributed by atoms with Crippen LogP contribution in [0.3, 0.4) is 0 Å². The minimum absolute atomic E-state index is 0. The molecule has 2 aromatic heterocycles. The quantitative estimate of drug-likeness (QED) is 0.241. The van der Waals surface area contributed by atoms with Crippen LogP contribution in [0.25, 0.3) is 24.3 Å². The van der Waals surface area contributed by atoms with Crippen molar-refractivity contribution in [2.45, 2.75) is 0 Å². The fourth-order valence-corrected chi connectivity index (χ4v) is 2.89. The van der Waals surface area contributed by atoms with Crippen LogP contribution in [0, 0.1) is 20.2 Å². The summed E-state index contributed by atoms with van der Waals surface area (Å²) in [5.41, 5.74) is 3.91. The second kappa shape index (κ2) is 15.5. The van der Waals surface area contributed by atoms with Crippen LogP contribution >= 0.6 is 0 Å². The molecule has 36 heavy (non-hydrogen) atoms. The van der Waals surface area contributed by atoms with Gasteiger partial charge in [-0.2, -0.15) is 0 Å². The van der Waals surface area contributed by atoms with Crippen molar-refractivity contribution in [3.05, 3.63) is 140 Å². The first-order valence-corrected chi connectivity index (χ1v) is 10.3. The fourth-order valence-electron chi connectivity index (χ4n) is 2.89. The minimum Gasteiger partial charge on any atom is -1.00 e. The van der Waals surface area contributed by atoms with Crippen LogP contribution in [-0.4, -0.2) is 9.85 Å². The molecule has 0 spiro atoms. The Morgan fingerprint density at radius 2 is 0.861 bits per heavy atom. The number of nitrogens with zero attached hydrogens (tertiary/aromatic N) is 2. The number of hydrogen-bond acceptors (Lipinski definition) is 4. The zero-order valence-electron chi connectivity index (χ0n) is 18.8. The average Bonchev–Trinajstić information content (AvgIpc) is 2.88. The van der Waals surface area contributed by atoms with E-state index in [-0.39, 0.29) is 36.2 Å². The molecular formula is C26H22Cl2N4O4. The van der Waals surface area contributed by atoms with Gasteiger partial charge in [0, 0.05) is 48.5 Å². The monoisotopic (exact) mass is 524 g/mol. The van der Waals surface area contributed by atoms with Gasteiger partial charge in [0.15, 0.2) is 24.8 Å². The predicted molar refractivity (Wildman–Crippen MR) is 130 cm³/mol. The lowest BCUT2D eigenvalue weighted by molar-refractivity contribution is -0.385. The number of nitro groups is 2. The smallest absolute Gasteiger partial charge is 0.270 e. The zero-order chi connectivity index (χ0) is 24.2. The third-order valence-corrected chi connectivity index (χ3v) is 4.59. The Bertz CT molecular complexity index is 1210. The van der Waals surface area contributed by atoms with Crippen LogP contribution in [0.1, 0.15) is 22.3 Å². The molecule has 0 aliphatic heterocycles. The van der Waals surface area contributed by atoms with Crippen molar-refractivity contribution in [1.82, 2.24) is 0 Å². The lowest BCUT2D eigenvalue weighted by atomic mass is 10.1. The van der Waals surface area contributed by atoms with Crippen LogP contribution in [0.2, 0.25) is 0 Å². The van der Waals surface area contributed by atoms with Crippen molar-refractivity contribution in [2.75, 3.05) is 0 Å². The number of nitro benzene ring substituents is 2. The highest BCUT2D eigenvalue weighted by Crippen LogP contribution is 2.16. The summed E-state index contributed by atoms with van der Waals surface area (Å²) in [5, 5.41) is 21.2. The molecule has 2 heterocycles. The van der Waals surface area contributed by atoms with Crippen LogP contribution in [0.5, 0.6) is 0 Å². The van der Waals surface area contributed by atoms with Crippen molar-refractivity contribution >= 4 is 35.7 Å². The Hall–Kier alpha value is -4.40. The maximum atomic E-state index is 10.6. The van der Waals surface area contributed by atoms with Gasteiger partial charge in [0.2, 0.25) is 0 Å². The molecular weight excluding hydrogens is 503 g/mol. The molecule has 2 N–H and O–H groups in total. The van der Waals surface area contributed by atoms with Crippen LogP contribution in [0.4, 0.5) is 11.4 Å². The number of halogens is 2. The Labute approximate surface area is 220 Å². The summed E-state index contributed by atoms with van der Waals surface area (Å²) >= 11 is 0. The first-order chi connectivity index (χ1) is 16.5. The first-order valence-electron chi connectivity index (χ1n) is 10.3. The van der Waals surface area contributed by atoms with E-state index in [4.69, 9.17) is 0 Å². The van der Waals surface area contributed by atoms with Crippen molar-refractivity contribution < 1.29 is 44.6 Å². The number of H-pyrrole nitrogens is 2. The summed E-state index contributed by atoms with van der Waals surface area (Å²) in [5.74, 6) is 0. The molecule has 0 saturated heterocycles. The fraction of sp³-hybridized carbons (Fsp3) is 0. The average molecular weight is 525 g/mol. The molecule has 0 amide bonds. The van der Waals surface area contributed by atoms with Gasteiger partial charge in [0.25, 0.3) is 11.4 Å². The number of non-ortho nitro benzene ring substituents is 2. The first kappa shape index (κ1) is 29.6. The van der Waals surface area contributed by atoms with Gasteiger partial charge in [-0.3, -0.25) is 20.2 Å². The van der Waals surface area contributed by atoms with E-state index in [1.54, 1.807) is 24.3 Å². The molecule has 184 valence electrons. The highest BCUT2D eigenvalue weighted by atomic mass is 35.5. The summed E-state index contributed by atoms with van der Waals surface area (Å²) in [7, 11) is 0. The second-order valence-corrected chi connectivity index (χ2v) is 7.04. The number of hydrogen-bond donors (Lipinski definition) is 0. The van der Waals surface area contributed by atoms with E-state index in [2.05, 4.69) is 9.97 Å². The largest absolute Gasteiger partial charge is 1.00 e. The van der Waals surface area contributed by atoms with E-state index in [1.807, 2.05) is 85.5 Å². The van der Waals surface area contributed by atoms with Crippen LogP contribution < -0.4 is 34.8 Å². The minimum atomic E-state index is -0.394. The van der Waals surface area contributed by atoms with E-state index in [0.717, 1.165) is 22.3 Å². The summed E-state index contributed by atoms with van der Waals surface area (Å²) in [6, 6.07) is 20.8. The van der Waals surface area contributed by atoms with Gasteiger partial charge < -0.3 is 24.8 Å². The molecule has 0 saturated carbocycles. The molecule has 8 nitrogen and oxygen atoms in total. The normalized spacial score (nSPS) is 10.0. The Balaban J connectivity index is 0.000000341. The maximum absolute atomic E-state index is 10.6. The van der Waals surface area contributed by atoms with Gasteiger partial charge in [0.05, 0.1) is 9.85 Å². The van der Waals surface area contributed by atoms with E-state index >= 15 is 0 Å². The summed E-state index contributed by atoms with van der Waals surface area (Å²) < 4.78 is 0. The zero-order valence-corrected chi connectivity index (χ0v) is 20.3. The highest BCUT2D eigenvalue weighted by molar-refractivity contribution is 5.71. The SMILES string of the molecule is O=[N+]([O-])c1cccc(/C=C/c2cc[nH+]cc2)c1.O=[N+]([O-])c1cccc(/C=C/c2cc[nH+]cc2)c1.[Cl-].[Cl-]. The van der Waals surface area contributed by atoms with Crippen LogP contribution in [0.15, 0.2) is 97.6 Å². The van der Waals surface area contributed by atoms with Gasteiger partial charge in [-0.15, -0.1) is 0 Å². The number of benzene rings is 2. The number of aromatic nitrogens is 2. The lowest BCUT2D eigenvalue weighted by Gasteiger charge is -1.94. The maximum Gasteiger partial charge on any atom is 0.270 e. The van der Waals surface area contributed by atoms with Crippen LogP contribution in [-0.2, 0) is 0 Å². The standard InChI is InChI=1S/2C13H10N2O2.2ClH/c2*16-15(17)13-3-1-2-12(10-13)5-4-11-6-8-14-9-7-11;;/h2*1-10H;2*1H/b2*5-4+;;. The molecule has 4 aromatic rings. The molecule has 0 atom stereocenters. The molecule has 0 aliphatic carbocycles. The van der Waals surface area contributed by atoms with Crippen molar-refractivity contribution in [2.24, 2.45) is 0 Å². The van der Waals surface area contributed by atoms with Gasteiger partial charge in [-0.25, -0.2) is 9.97 Å². The number of pyridine rings is 2. The van der Waals surface area contributed by atoms with Gasteiger partial charge >= 0.3 is 0 Å². The second-order valence-electron chi connectivity index (χ2n) is 7.04. The Kier molecular flexibility index (Phi) is 12.8. The van der Waals surface area contributed by atoms with E-state index in [0.29, 0.717) is 0 Å². The molecule has 0 aliphatic rings. The topological polar surface area (TPSA) is 115 Å². The summed E-state index contributed by atoms with van der Waals surface area (Å²) in [4.78, 5) is 26.3. The molecule has 10 heteroatoms. The third kappa shape index (κ3) is 9.84. The Morgan fingerprint density at radius 1 is 0.528 bits per heavy atom. The van der Waals surface area contributed by atoms with E-state index in [9.17, 15) is 20.2 Å². The molecule has 4 rings (SSSR count). The number of rotatable bonds is 6. The summed E-state index contributed by atoms with van der Waals surface area (Å²) in [6.07, 6.45) is 14.8. The molecule has 0 fully saturated rings. The summed E-state index contributed by atoms with van der Waals surface area (Å²) in [6.45, 7) is 0. The van der Waals surface area contributed by atoms with Crippen molar-refractivity contribution in [1.29, 1.82) is 0 Å². The van der Waals surface area contributed by atoms with Gasteiger partial charge in [0.1, 0.15) is 0 Å². The molecule has 0 unspecified atom stereocenters. The molecule has 0 bridgehead atoms. The number of nitrogens with one attached hydrogen (secondary N) is 2.